The number of carbonyl (C=O) groups is 1. The third kappa shape index (κ3) is 2.12. The lowest BCUT2D eigenvalue weighted by Crippen LogP contribution is -2.31. The fraction of sp³-hybridized carbons (Fsp3) is 0.231. The Morgan fingerprint density at radius 2 is 2.00 bits per heavy atom. The number of aryl methyl sites for hydroxylation is 2. The van der Waals surface area contributed by atoms with Crippen molar-refractivity contribution in [2.45, 2.75) is 20.3 Å². The Labute approximate surface area is 104 Å². The van der Waals surface area contributed by atoms with Crippen LogP contribution in [-0.4, -0.2) is 5.91 Å². The van der Waals surface area contributed by atoms with Crippen LogP contribution in [0.4, 0.5) is 0 Å². The number of carbonyl (C=O) groups excluding carboxylic acids is 1. The fourth-order valence-corrected chi connectivity index (χ4v) is 2.02. The number of nitrogens with two attached hydrogens (primary N) is 1. The van der Waals surface area contributed by atoms with Crippen molar-refractivity contribution in [3.8, 4) is 0 Å². The molecule has 0 radical (unpaired) electrons. The molecule has 5 nitrogen and oxygen atoms in total. The van der Waals surface area contributed by atoms with Gasteiger partial charge in [-0.25, -0.2) is 10.6 Å². The van der Waals surface area contributed by atoms with Crippen molar-refractivity contribution in [2.75, 3.05) is 0 Å². The van der Waals surface area contributed by atoms with Gasteiger partial charge >= 0.3 is 5.63 Å². The lowest BCUT2D eigenvalue weighted by molar-refractivity contribution is -0.120. The van der Waals surface area contributed by atoms with Crippen LogP contribution in [0.15, 0.2) is 27.4 Å². The van der Waals surface area contributed by atoms with Crippen molar-refractivity contribution in [2.24, 2.45) is 5.84 Å². The molecule has 3 N–H and O–H groups in total. The van der Waals surface area contributed by atoms with Crippen molar-refractivity contribution < 1.29 is 9.21 Å². The van der Waals surface area contributed by atoms with Crippen molar-refractivity contribution in [3.05, 3.63) is 45.3 Å². The van der Waals surface area contributed by atoms with Gasteiger partial charge in [-0.2, -0.15) is 0 Å². The monoisotopic (exact) mass is 246 g/mol. The third-order valence-corrected chi connectivity index (χ3v) is 2.89. The van der Waals surface area contributed by atoms with Gasteiger partial charge in [0.15, 0.2) is 0 Å². The van der Waals surface area contributed by atoms with E-state index in [0.717, 1.165) is 16.5 Å². The zero-order valence-corrected chi connectivity index (χ0v) is 10.2. The number of fused-ring (bicyclic) bond motifs is 1. The van der Waals surface area contributed by atoms with E-state index in [4.69, 9.17) is 10.3 Å². The number of nitrogens with one attached hydrogen (secondary N) is 1. The van der Waals surface area contributed by atoms with Gasteiger partial charge < -0.3 is 4.42 Å². The van der Waals surface area contributed by atoms with Gasteiger partial charge in [0.1, 0.15) is 5.58 Å². The lowest BCUT2D eigenvalue weighted by atomic mass is 10.00. The quantitative estimate of drug-likeness (QED) is 0.357. The maximum atomic E-state index is 11.5. The number of hydrazine groups is 1. The van der Waals surface area contributed by atoms with Gasteiger partial charge in [0, 0.05) is 11.5 Å². The van der Waals surface area contributed by atoms with Crippen LogP contribution in [0.1, 0.15) is 16.7 Å². The molecule has 0 atom stereocenters. The molecule has 0 aliphatic carbocycles. The Kier molecular flexibility index (Phi) is 3.16. The topological polar surface area (TPSA) is 85.3 Å². The first-order valence-corrected chi connectivity index (χ1v) is 5.55. The molecule has 0 saturated heterocycles. The third-order valence-electron chi connectivity index (χ3n) is 2.89. The Bertz CT molecular complexity index is 674. The van der Waals surface area contributed by atoms with Crippen LogP contribution in [0.25, 0.3) is 11.0 Å². The van der Waals surface area contributed by atoms with E-state index >= 15 is 0 Å². The Balaban J connectivity index is 2.76. The van der Waals surface area contributed by atoms with Crippen LogP contribution in [0.5, 0.6) is 0 Å². The van der Waals surface area contributed by atoms with Gasteiger partial charge in [-0.3, -0.25) is 10.2 Å². The summed E-state index contributed by atoms with van der Waals surface area (Å²) in [4.78, 5) is 22.9. The van der Waals surface area contributed by atoms with E-state index in [9.17, 15) is 9.59 Å². The highest BCUT2D eigenvalue weighted by Gasteiger charge is 2.12. The average molecular weight is 246 g/mol. The van der Waals surface area contributed by atoms with Crippen LogP contribution in [0, 0.1) is 13.8 Å². The van der Waals surface area contributed by atoms with E-state index in [1.165, 1.54) is 6.07 Å². The molecule has 2 aromatic rings. The maximum Gasteiger partial charge on any atom is 0.336 e. The zero-order valence-electron chi connectivity index (χ0n) is 10.2. The summed E-state index contributed by atoms with van der Waals surface area (Å²) >= 11 is 0. The Morgan fingerprint density at radius 1 is 1.33 bits per heavy atom. The van der Waals surface area contributed by atoms with Crippen LogP contribution >= 0.6 is 0 Å². The minimum absolute atomic E-state index is 0.0584. The van der Waals surface area contributed by atoms with E-state index in [1.54, 1.807) is 0 Å². The Morgan fingerprint density at radius 3 is 2.67 bits per heavy atom. The normalized spacial score (nSPS) is 10.6. The molecular formula is C13H14N2O3. The molecular weight excluding hydrogens is 232 g/mol. The molecule has 0 spiro atoms. The van der Waals surface area contributed by atoms with Gasteiger partial charge in [-0.1, -0.05) is 12.1 Å². The molecule has 1 aromatic heterocycles. The summed E-state index contributed by atoms with van der Waals surface area (Å²) in [6.07, 6.45) is 0.0584. The molecule has 5 heteroatoms. The Hall–Kier alpha value is -2.14. The second-order valence-corrected chi connectivity index (χ2v) is 4.24. The lowest BCUT2D eigenvalue weighted by Gasteiger charge is -2.09. The van der Waals surface area contributed by atoms with Crippen molar-refractivity contribution in [3.63, 3.8) is 0 Å². The van der Waals surface area contributed by atoms with Crippen molar-refractivity contribution in [1.82, 2.24) is 5.43 Å². The SMILES string of the molecule is Cc1ccc(C)c2c(CC(=O)NN)cc(=O)oc12. The van der Waals surface area contributed by atoms with E-state index < -0.39 is 5.63 Å². The van der Waals surface area contributed by atoms with Crippen LogP contribution in [0.3, 0.4) is 0 Å². The second-order valence-electron chi connectivity index (χ2n) is 4.24. The van der Waals surface area contributed by atoms with Gasteiger partial charge in [0.25, 0.3) is 0 Å². The molecule has 0 saturated carbocycles. The molecule has 1 amide bonds. The van der Waals surface area contributed by atoms with E-state index in [2.05, 4.69) is 5.43 Å². The van der Waals surface area contributed by atoms with E-state index in [-0.39, 0.29) is 12.3 Å². The molecule has 1 heterocycles. The molecule has 2 rings (SSSR count). The van der Waals surface area contributed by atoms with Gasteiger partial charge in [0.05, 0.1) is 6.42 Å². The second kappa shape index (κ2) is 4.62. The minimum atomic E-state index is -0.462. The van der Waals surface area contributed by atoms with Crippen LogP contribution < -0.4 is 16.9 Å². The zero-order chi connectivity index (χ0) is 13.3. The van der Waals surface area contributed by atoms with Crippen LogP contribution in [0.2, 0.25) is 0 Å². The number of benzene rings is 1. The summed E-state index contributed by atoms with van der Waals surface area (Å²) in [6, 6.07) is 5.15. The van der Waals surface area contributed by atoms with Gasteiger partial charge in [-0.15, -0.1) is 0 Å². The van der Waals surface area contributed by atoms with Gasteiger partial charge in [0.2, 0.25) is 5.91 Å². The average Bonchev–Trinajstić information content (AvgIpc) is 2.33. The standard InChI is InChI=1S/C13H14N2O3/c1-7-3-4-8(2)13-12(7)9(5-10(16)15-14)6-11(17)18-13/h3-4,6H,5,14H2,1-2H3,(H,15,16). The molecule has 0 unspecified atom stereocenters. The number of hydrogen-bond donors (Lipinski definition) is 2. The highest BCUT2D eigenvalue weighted by molar-refractivity contribution is 5.90. The molecule has 94 valence electrons. The van der Waals surface area contributed by atoms with Crippen molar-refractivity contribution in [1.29, 1.82) is 0 Å². The molecule has 0 aliphatic heterocycles. The summed E-state index contributed by atoms with van der Waals surface area (Å²) in [5, 5.41) is 0.804. The number of rotatable bonds is 2. The fourth-order valence-electron chi connectivity index (χ4n) is 2.02. The van der Waals surface area contributed by atoms with Crippen molar-refractivity contribution >= 4 is 16.9 Å². The van der Waals surface area contributed by atoms with Gasteiger partial charge in [-0.05, 0) is 30.5 Å². The molecule has 0 aliphatic rings. The highest BCUT2D eigenvalue weighted by Crippen LogP contribution is 2.24. The first-order valence-electron chi connectivity index (χ1n) is 5.55. The summed E-state index contributed by atoms with van der Waals surface area (Å²) < 4.78 is 5.21. The first kappa shape index (κ1) is 12.3. The largest absolute Gasteiger partial charge is 0.422 e. The van der Waals surface area contributed by atoms with E-state index in [1.807, 2.05) is 26.0 Å². The number of amides is 1. The van der Waals surface area contributed by atoms with Crippen LogP contribution in [-0.2, 0) is 11.2 Å². The molecule has 0 fully saturated rings. The predicted molar refractivity (Wildman–Crippen MR) is 68.0 cm³/mol. The number of hydrogen-bond acceptors (Lipinski definition) is 4. The molecule has 18 heavy (non-hydrogen) atoms. The smallest absolute Gasteiger partial charge is 0.336 e. The molecule has 0 bridgehead atoms. The summed E-state index contributed by atoms with van der Waals surface area (Å²) in [5.74, 6) is 4.72. The van der Waals surface area contributed by atoms with E-state index in [0.29, 0.717) is 11.1 Å². The predicted octanol–water partition coefficient (Wildman–Crippen LogP) is 0.942. The first-order chi connectivity index (χ1) is 8.52. The summed E-state index contributed by atoms with van der Waals surface area (Å²) in [6.45, 7) is 3.77. The minimum Gasteiger partial charge on any atom is -0.422 e. The summed E-state index contributed by atoms with van der Waals surface area (Å²) in [5.41, 5.74) is 4.58. The summed E-state index contributed by atoms with van der Waals surface area (Å²) in [7, 11) is 0. The molecule has 1 aromatic carbocycles. The maximum absolute atomic E-state index is 11.5. The highest BCUT2D eigenvalue weighted by atomic mass is 16.4.